The molecule has 0 amide bonds. The van der Waals surface area contributed by atoms with Crippen molar-refractivity contribution in [2.75, 3.05) is 0 Å². The summed E-state index contributed by atoms with van der Waals surface area (Å²) in [7, 11) is 0. The van der Waals surface area contributed by atoms with Crippen LogP contribution in [0.15, 0.2) is 53.1 Å². The molecule has 0 saturated carbocycles. The van der Waals surface area contributed by atoms with E-state index in [0.29, 0.717) is 12.1 Å². The van der Waals surface area contributed by atoms with E-state index in [0.717, 1.165) is 22.6 Å². The first kappa shape index (κ1) is 13.8. The second-order valence-electron chi connectivity index (χ2n) is 5.03. The molecule has 0 aliphatic carbocycles. The Morgan fingerprint density at radius 3 is 2.71 bits per heavy atom. The average Bonchev–Trinajstić information content (AvgIpc) is 2.91. The minimum absolute atomic E-state index is 0.0891. The van der Waals surface area contributed by atoms with E-state index in [1.165, 1.54) is 6.07 Å². The van der Waals surface area contributed by atoms with Crippen LogP contribution in [-0.2, 0) is 6.54 Å². The molecule has 0 spiro atoms. The van der Waals surface area contributed by atoms with Crippen LogP contribution in [0.5, 0.6) is 0 Å². The SMILES string of the molecule is CC(NCc1coc2ccccc12)c1ccc(F)c(F)c1. The molecule has 1 unspecified atom stereocenters. The third-order valence-corrected chi connectivity index (χ3v) is 3.60. The van der Waals surface area contributed by atoms with Gasteiger partial charge in [-0.3, -0.25) is 0 Å². The van der Waals surface area contributed by atoms with Gasteiger partial charge < -0.3 is 9.73 Å². The Bertz CT molecular complexity index is 766. The van der Waals surface area contributed by atoms with Gasteiger partial charge in [0.15, 0.2) is 11.6 Å². The van der Waals surface area contributed by atoms with Gasteiger partial charge in [-0.15, -0.1) is 0 Å². The van der Waals surface area contributed by atoms with Gasteiger partial charge in [0.2, 0.25) is 0 Å². The summed E-state index contributed by atoms with van der Waals surface area (Å²) in [6.07, 6.45) is 1.72. The lowest BCUT2D eigenvalue weighted by molar-refractivity contribution is 0.500. The van der Waals surface area contributed by atoms with Crippen molar-refractivity contribution in [3.8, 4) is 0 Å². The quantitative estimate of drug-likeness (QED) is 0.761. The van der Waals surface area contributed by atoms with Crippen LogP contribution < -0.4 is 5.32 Å². The summed E-state index contributed by atoms with van der Waals surface area (Å²) in [5.41, 5.74) is 2.59. The molecule has 1 aromatic heterocycles. The molecule has 21 heavy (non-hydrogen) atoms. The molecule has 0 radical (unpaired) electrons. The molecule has 0 fully saturated rings. The molecule has 1 N–H and O–H groups in total. The predicted molar refractivity (Wildman–Crippen MR) is 77.8 cm³/mol. The number of halogens is 2. The second kappa shape index (κ2) is 5.66. The summed E-state index contributed by atoms with van der Waals surface area (Å²) >= 11 is 0. The van der Waals surface area contributed by atoms with Gasteiger partial charge in [-0.05, 0) is 30.7 Å². The number of para-hydroxylation sites is 1. The molecule has 0 bridgehead atoms. The van der Waals surface area contributed by atoms with E-state index in [2.05, 4.69) is 5.32 Å². The fourth-order valence-corrected chi connectivity index (χ4v) is 2.33. The zero-order valence-corrected chi connectivity index (χ0v) is 11.6. The minimum atomic E-state index is -0.827. The lowest BCUT2D eigenvalue weighted by Gasteiger charge is -2.14. The molecule has 1 heterocycles. The van der Waals surface area contributed by atoms with Gasteiger partial charge in [0.05, 0.1) is 6.26 Å². The van der Waals surface area contributed by atoms with E-state index in [4.69, 9.17) is 4.42 Å². The van der Waals surface area contributed by atoms with Crippen LogP contribution in [0.4, 0.5) is 8.78 Å². The topological polar surface area (TPSA) is 25.2 Å². The number of furan rings is 1. The molecule has 2 aromatic carbocycles. The highest BCUT2D eigenvalue weighted by molar-refractivity contribution is 5.80. The third-order valence-electron chi connectivity index (χ3n) is 3.60. The van der Waals surface area contributed by atoms with Gasteiger partial charge in [0.1, 0.15) is 5.58 Å². The van der Waals surface area contributed by atoms with Crippen molar-refractivity contribution in [1.29, 1.82) is 0 Å². The second-order valence-corrected chi connectivity index (χ2v) is 5.03. The van der Waals surface area contributed by atoms with Crippen molar-refractivity contribution < 1.29 is 13.2 Å². The summed E-state index contributed by atoms with van der Waals surface area (Å²) < 4.78 is 31.7. The number of rotatable bonds is 4. The molecule has 0 aliphatic heterocycles. The summed E-state index contributed by atoms with van der Waals surface area (Å²) in [6, 6.07) is 11.7. The predicted octanol–water partition coefficient (Wildman–Crippen LogP) is 4.56. The molecule has 4 heteroatoms. The van der Waals surface area contributed by atoms with E-state index in [-0.39, 0.29) is 6.04 Å². The van der Waals surface area contributed by atoms with Crippen LogP contribution in [0, 0.1) is 11.6 Å². The van der Waals surface area contributed by atoms with Crippen molar-refractivity contribution in [3.63, 3.8) is 0 Å². The summed E-state index contributed by atoms with van der Waals surface area (Å²) in [5, 5.41) is 4.35. The Balaban J connectivity index is 1.73. The largest absolute Gasteiger partial charge is 0.464 e. The third kappa shape index (κ3) is 2.81. The van der Waals surface area contributed by atoms with Crippen molar-refractivity contribution in [1.82, 2.24) is 5.32 Å². The molecular weight excluding hydrogens is 272 g/mol. The van der Waals surface area contributed by atoms with Crippen LogP contribution in [0.3, 0.4) is 0 Å². The van der Waals surface area contributed by atoms with Crippen LogP contribution >= 0.6 is 0 Å². The molecule has 0 saturated heterocycles. The maximum absolute atomic E-state index is 13.2. The van der Waals surface area contributed by atoms with Crippen molar-refractivity contribution in [2.24, 2.45) is 0 Å². The first-order valence-electron chi connectivity index (χ1n) is 6.78. The Hall–Kier alpha value is -2.20. The van der Waals surface area contributed by atoms with Gasteiger partial charge in [-0.25, -0.2) is 8.78 Å². The highest BCUT2D eigenvalue weighted by Gasteiger charge is 2.10. The highest BCUT2D eigenvalue weighted by atomic mass is 19.2. The standard InChI is InChI=1S/C17H15F2NO/c1-11(12-6-7-15(18)16(19)8-12)20-9-13-10-21-17-5-3-2-4-14(13)17/h2-8,10-11,20H,9H2,1H3. The summed E-state index contributed by atoms with van der Waals surface area (Å²) in [5.74, 6) is -1.65. The fraction of sp³-hybridized carbons (Fsp3) is 0.176. The summed E-state index contributed by atoms with van der Waals surface area (Å²) in [6.45, 7) is 2.51. The van der Waals surface area contributed by atoms with Gasteiger partial charge in [0.25, 0.3) is 0 Å². The maximum Gasteiger partial charge on any atom is 0.159 e. The zero-order chi connectivity index (χ0) is 14.8. The first-order valence-corrected chi connectivity index (χ1v) is 6.78. The highest BCUT2D eigenvalue weighted by Crippen LogP contribution is 2.22. The number of fused-ring (bicyclic) bond motifs is 1. The first-order chi connectivity index (χ1) is 10.1. The van der Waals surface area contributed by atoms with Gasteiger partial charge >= 0.3 is 0 Å². The molecule has 3 rings (SSSR count). The number of nitrogens with one attached hydrogen (secondary N) is 1. The monoisotopic (exact) mass is 287 g/mol. The number of hydrogen-bond donors (Lipinski definition) is 1. The average molecular weight is 287 g/mol. The molecule has 0 aliphatic rings. The zero-order valence-electron chi connectivity index (χ0n) is 11.6. The Labute approximate surface area is 121 Å². The van der Waals surface area contributed by atoms with Crippen molar-refractivity contribution in [3.05, 3.63) is 71.5 Å². The Kier molecular flexibility index (Phi) is 3.71. The molecule has 2 nitrogen and oxygen atoms in total. The van der Waals surface area contributed by atoms with Gasteiger partial charge in [-0.1, -0.05) is 24.3 Å². The molecule has 1 atom stereocenters. The van der Waals surface area contributed by atoms with Crippen LogP contribution in [-0.4, -0.2) is 0 Å². The van der Waals surface area contributed by atoms with Crippen LogP contribution in [0.1, 0.15) is 24.1 Å². The normalized spacial score (nSPS) is 12.7. The van der Waals surface area contributed by atoms with E-state index in [9.17, 15) is 8.78 Å². The van der Waals surface area contributed by atoms with Gasteiger partial charge in [-0.2, -0.15) is 0 Å². The smallest absolute Gasteiger partial charge is 0.159 e. The molecule has 3 aromatic rings. The van der Waals surface area contributed by atoms with Crippen LogP contribution in [0.25, 0.3) is 11.0 Å². The Morgan fingerprint density at radius 2 is 1.90 bits per heavy atom. The van der Waals surface area contributed by atoms with Crippen molar-refractivity contribution in [2.45, 2.75) is 19.5 Å². The number of benzene rings is 2. The lowest BCUT2D eigenvalue weighted by atomic mass is 10.1. The van der Waals surface area contributed by atoms with Crippen LogP contribution in [0.2, 0.25) is 0 Å². The maximum atomic E-state index is 13.2. The van der Waals surface area contributed by atoms with Crippen molar-refractivity contribution >= 4 is 11.0 Å². The molecule has 108 valence electrons. The van der Waals surface area contributed by atoms with E-state index < -0.39 is 11.6 Å². The lowest BCUT2D eigenvalue weighted by Crippen LogP contribution is -2.18. The molecular formula is C17H15F2NO. The van der Waals surface area contributed by atoms with E-state index >= 15 is 0 Å². The fourth-order valence-electron chi connectivity index (χ4n) is 2.33. The summed E-state index contributed by atoms with van der Waals surface area (Å²) in [4.78, 5) is 0. The Morgan fingerprint density at radius 1 is 1.10 bits per heavy atom. The van der Waals surface area contributed by atoms with E-state index in [1.807, 2.05) is 31.2 Å². The number of hydrogen-bond acceptors (Lipinski definition) is 2. The minimum Gasteiger partial charge on any atom is -0.464 e. The van der Waals surface area contributed by atoms with Gasteiger partial charge in [0, 0.05) is 23.5 Å². The van der Waals surface area contributed by atoms with E-state index in [1.54, 1.807) is 12.3 Å².